The van der Waals surface area contributed by atoms with Crippen LogP contribution in [-0.4, -0.2) is 33.9 Å². The Hall–Kier alpha value is -2.43. The highest BCUT2D eigenvalue weighted by Crippen LogP contribution is 2.26. The molecule has 0 bridgehead atoms. The summed E-state index contributed by atoms with van der Waals surface area (Å²) in [7, 11) is 0. The van der Waals surface area contributed by atoms with Crippen molar-refractivity contribution in [3.8, 4) is 0 Å². The summed E-state index contributed by atoms with van der Waals surface area (Å²) in [6.07, 6.45) is 2.10. The number of amides is 1. The molecule has 23 heavy (non-hydrogen) atoms. The minimum atomic E-state index is 0.146. The lowest BCUT2D eigenvalue weighted by molar-refractivity contribution is -0.130. The van der Waals surface area contributed by atoms with Gasteiger partial charge in [0.1, 0.15) is 11.6 Å². The first kappa shape index (κ1) is 15.5. The smallest absolute Gasteiger partial charge is 0.219 e. The molecule has 0 radical (unpaired) electrons. The molecule has 3 rings (SSSR count). The molecule has 1 fully saturated rings. The topological polar surface area (TPSA) is 58.1 Å². The lowest BCUT2D eigenvalue weighted by Gasteiger charge is -2.31. The SMILES string of the molecule is CC(=O)N1CCC[C@H](c2cccc(Nc3cccc(C)n3)n2)C1. The highest BCUT2D eigenvalue weighted by atomic mass is 16.2. The van der Waals surface area contributed by atoms with Crippen LogP contribution in [0.25, 0.3) is 0 Å². The molecule has 0 aromatic carbocycles. The van der Waals surface area contributed by atoms with E-state index >= 15 is 0 Å². The Morgan fingerprint density at radius 1 is 1.17 bits per heavy atom. The minimum absolute atomic E-state index is 0.146. The van der Waals surface area contributed by atoms with Crippen molar-refractivity contribution in [2.24, 2.45) is 0 Å². The highest BCUT2D eigenvalue weighted by molar-refractivity contribution is 5.73. The number of hydrogen-bond acceptors (Lipinski definition) is 4. The van der Waals surface area contributed by atoms with Gasteiger partial charge in [-0.1, -0.05) is 12.1 Å². The van der Waals surface area contributed by atoms with Gasteiger partial charge in [0.25, 0.3) is 0 Å². The Labute approximate surface area is 136 Å². The maximum atomic E-state index is 11.6. The molecule has 3 heterocycles. The number of carbonyl (C=O) groups is 1. The van der Waals surface area contributed by atoms with Crippen LogP contribution < -0.4 is 5.32 Å². The molecule has 5 heteroatoms. The van der Waals surface area contributed by atoms with Crippen molar-refractivity contribution in [3.05, 3.63) is 47.8 Å². The number of nitrogens with one attached hydrogen (secondary N) is 1. The molecule has 0 saturated carbocycles. The monoisotopic (exact) mass is 310 g/mol. The van der Waals surface area contributed by atoms with Gasteiger partial charge in [-0.05, 0) is 44.0 Å². The maximum Gasteiger partial charge on any atom is 0.219 e. The number of likely N-dealkylation sites (tertiary alicyclic amines) is 1. The number of anilines is 2. The summed E-state index contributed by atoms with van der Waals surface area (Å²) in [5.74, 6) is 2.04. The fourth-order valence-electron chi connectivity index (χ4n) is 3.00. The first-order valence-corrected chi connectivity index (χ1v) is 8.05. The number of rotatable bonds is 3. The largest absolute Gasteiger partial charge is 0.342 e. The van der Waals surface area contributed by atoms with E-state index in [1.807, 2.05) is 48.2 Å². The van der Waals surface area contributed by atoms with E-state index in [1.165, 1.54) is 0 Å². The van der Waals surface area contributed by atoms with Crippen molar-refractivity contribution in [1.82, 2.24) is 14.9 Å². The van der Waals surface area contributed by atoms with Crippen LogP contribution in [0.1, 0.15) is 37.1 Å². The molecule has 1 saturated heterocycles. The van der Waals surface area contributed by atoms with Gasteiger partial charge in [0, 0.05) is 37.3 Å². The fourth-order valence-corrected chi connectivity index (χ4v) is 3.00. The summed E-state index contributed by atoms with van der Waals surface area (Å²) in [6.45, 7) is 5.22. The van der Waals surface area contributed by atoms with E-state index in [4.69, 9.17) is 4.98 Å². The molecule has 120 valence electrons. The molecule has 1 aliphatic rings. The highest BCUT2D eigenvalue weighted by Gasteiger charge is 2.23. The molecule has 5 nitrogen and oxygen atoms in total. The van der Waals surface area contributed by atoms with Crippen LogP contribution in [-0.2, 0) is 4.79 Å². The number of carbonyl (C=O) groups excluding carboxylic acids is 1. The van der Waals surface area contributed by atoms with Crippen molar-refractivity contribution >= 4 is 17.5 Å². The molecule has 2 aromatic rings. The van der Waals surface area contributed by atoms with E-state index in [2.05, 4.69) is 10.3 Å². The quantitative estimate of drug-likeness (QED) is 0.945. The second kappa shape index (κ2) is 6.77. The van der Waals surface area contributed by atoms with Crippen molar-refractivity contribution in [2.45, 2.75) is 32.6 Å². The van der Waals surface area contributed by atoms with Gasteiger partial charge >= 0.3 is 0 Å². The summed E-state index contributed by atoms with van der Waals surface area (Å²) in [6, 6.07) is 11.9. The van der Waals surface area contributed by atoms with Gasteiger partial charge in [-0.2, -0.15) is 0 Å². The molecular formula is C18H22N4O. The van der Waals surface area contributed by atoms with Crippen LogP contribution >= 0.6 is 0 Å². The van der Waals surface area contributed by atoms with Crippen LogP contribution in [0.15, 0.2) is 36.4 Å². The second-order valence-corrected chi connectivity index (χ2v) is 6.04. The first-order chi connectivity index (χ1) is 11.1. The first-order valence-electron chi connectivity index (χ1n) is 8.05. The number of nitrogens with zero attached hydrogens (tertiary/aromatic N) is 3. The average Bonchev–Trinajstić information content (AvgIpc) is 2.55. The Morgan fingerprint density at radius 2 is 1.91 bits per heavy atom. The molecular weight excluding hydrogens is 288 g/mol. The summed E-state index contributed by atoms with van der Waals surface area (Å²) in [4.78, 5) is 22.7. The molecule has 0 unspecified atom stereocenters. The zero-order valence-electron chi connectivity index (χ0n) is 13.6. The van der Waals surface area contributed by atoms with Gasteiger partial charge in [0.15, 0.2) is 0 Å². The van der Waals surface area contributed by atoms with Crippen LogP contribution in [0.4, 0.5) is 11.6 Å². The van der Waals surface area contributed by atoms with Gasteiger partial charge in [-0.15, -0.1) is 0 Å². The normalized spacial score (nSPS) is 17.8. The third-order valence-electron chi connectivity index (χ3n) is 4.20. The van der Waals surface area contributed by atoms with E-state index in [0.717, 1.165) is 49.0 Å². The molecule has 1 atom stereocenters. The summed E-state index contributed by atoms with van der Waals surface area (Å²) in [5.41, 5.74) is 2.00. The number of pyridine rings is 2. The van der Waals surface area contributed by atoms with Crippen LogP contribution in [0.5, 0.6) is 0 Å². The van der Waals surface area contributed by atoms with Crippen LogP contribution in [0, 0.1) is 6.92 Å². The van der Waals surface area contributed by atoms with Crippen molar-refractivity contribution in [3.63, 3.8) is 0 Å². The zero-order chi connectivity index (χ0) is 16.2. The summed E-state index contributed by atoms with van der Waals surface area (Å²) in [5, 5.41) is 3.26. The van der Waals surface area contributed by atoms with Gasteiger partial charge in [0.05, 0.1) is 0 Å². The van der Waals surface area contributed by atoms with Gasteiger partial charge in [-0.3, -0.25) is 4.79 Å². The molecule has 1 amide bonds. The summed E-state index contributed by atoms with van der Waals surface area (Å²) < 4.78 is 0. The molecule has 0 aliphatic carbocycles. The third-order valence-corrected chi connectivity index (χ3v) is 4.20. The average molecular weight is 310 g/mol. The second-order valence-electron chi connectivity index (χ2n) is 6.04. The standard InChI is InChI=1S/C18H22N4O/c1-13-6-3-9-17(19-13)21-18-10-4-8-16(20-18)15-7-5-11-22(12-15)14(2)23/h3-4,6,8-10,15H,5,7,11-12H2,1-2H3,(H,19,20,21)/t15-/m0/s1. The van der Waals surface area contributed by atoms with Gasteiger partial charge in [-0.25, -0.2) is 9.97 Å². The van der Waals surface area contributed by atoms with Gasteiger partial charge < -0.3 is 10.2 Å². The predicted molar refractivity (Wildman–Crippen MR) is 90.7 cm³/mol. The Kier molecular flexibility index (Phi) is 4.55. The van der Waals surface area contributed by atoms with E-state index in [-0.39, 0.29) is 5.91 Å². The molecule has 0 spiro atoms. The minimum Gasteiger partial charge on any atom is -0.342 e. The van der Waals surface area contributed by atoms with Crippen LogP contribution in [0.2, 0.25) is 0 Å². The fraction of sp³-hybridized carbons (Fsp3) is 0.389. The lowest BCUT2D eigenvalue weighted by Crippen LogP contribution is -2.37. The lowest BCUT2D eigenvalue weighted by atomic mass is 9.94. The van der Waals surface area contributed by atoms with Crippen molar-refractivity contribution < 1.29 is 4.79 Å². The number of piperidine rings is 1. The number of aryl methyl sites for hydroxylation is 1. The summed E-state index contributed by atoms with van der Waals surface area (Å²) >= 11 is 0. The maximum absolute atomic E-state index is 11.6. The van der Waals surface area contributed by atoms with E-state index in [0.29, 0.717) is 5.92 Å². The number of aromatic nitrogens is 2. The molecule has 2 aromatic heterocycles. The Bertz CT molecular complexity index is 701. The van der Waals surface area contributed by atoms with Crippen molar-refractivity contribution in [1.29, 1.82) is 0 Å². The number of hydrogen-bond donors (Lipinski definition) is 1. The van der Waals surface area contributed by atoms with E-state index in [9.17, 15) is 4.79 Å². The predicted octanol–water partition coefficient (Wildman–Crippen LogP) is 3.25. The van der Waals surface area contributed by atoms with Crippen molar-refractivity contribution in [2.75, 3.05) is 18.4 Å². The Balaban J connectivity index is 1.75. The zero-order valence-corrected chi connectivity index (χ0v) is 13.6. The van der Waals surface area contributed by atoms with Crippen LogP contribution in [0.3, 0.4) is 0 Å². The third kappa shape index (κ3) is 3.86. The van der Waals surface area contributed by atoms with Gasteiger partial charge in [0.2, 0.25) is 5.91 Å². The van der Waals surface area contributed by atoms with E-state index in [1.54, 1.807) is 6.92 Å². The molecule has 1 N–H and O–H groups in total. The van der Waals surface area contributed by atoms with E-state index < -0.39 is 0 Å². The Morgan fingerprint density at radius 3 is 2.65 bits per heavy atom. The molecule has 1 aliphatic heterocycles.